The van der Waals surface area contributed by atoms with Crippen LogP contribution in [-0.4, -0.2) is 78.2 Å². The lowest BCUT2D eigenvalue weighted by Crippen LogP contribution is -2.60. The second-order valence-electron chi connectivity index (χ2n) is 12.8. The number of hydrogen-bond acceptors (Lipinski definition) is 8. The van der Waals surface area contributed by atoms with E-state index in [9.17, 15) is 27.6 Å². The lowest BCUT2D eigenvalue weighted by atomic mass is 9.85. The van der Waals surface area contributed by atoms with Gasteiger partial charge in [-0.25, -0.2) is 8.42 Å². The van der Waals surface area contributed by atoms with Crippen LogP contribution in [0.3, 0.4) is 0 Å². The number of nitrogens with one attached hydrogen (secondary N) is 3. The van der Waals surface area contributed by atoms with E-state index in [-0.39, 0.29) is 37.6 Å². The fourth-order valence-corrected chi connectivity index (χ4v) is 6.32. The Balaban J connectivity index is 1.82. The standard InChI is InChI=1S/C28H45N5O7S/c1-8-9-10-11-22(34)29-23(27(5,6)7)25(36)33-16-19(40-31-17(2)3)14-21(33)24(35)30-28(15-18(28)4)26(37)32-41(38,39)20-12-13-20/h8,18-21,23H,1,9-16H2,2-7H3,(H,29,34)(H,30,35)(H,32,37)/t18-,19-,21+,23-,28?/m1/s1. The molecule has 3 N–H and O–H groups in total. The maximum Gasteiger partial charge on any atom is 0.259 e. The van der Waals surface area contributed by atoms with E-state index in [0.29, 0.717) is 31.4 Å². The average Bonchev–Trinajstić information content (AvgIpc) is 3.78. The number of allylic oxidation sites excluding steroid dienone is 1. The maximum absolute atomic E-state index is 14.0. The molecular formula is C28H45N5O7S. The average molecular weight is 596 g/mol. The summed E-state index contributed by atoms with van der Waals surface area (Å²) >= 11 is 0. The van der Waals surface area contributed by atoms with E-state index < -0.39 is 62.1 Å². The van der Waals surface area contributed by atoms with Gasteiger partial charge in [-0.15, -0.1) is 6.58 Å². The van der Waals surface area contributed by atoms with Crippen molar-refractivity contribution >= 4 is 39.4 Å². The Morgan fingerprint density at radius 1 is 1.20 bits per heavy atom. The highest BCUT2D eigenvalue weighted by Crippen LogP contribution is 2.44. The molecule has 230 valence electrons. The van der Waals surface area contributed by atoms with Crippen LogP contribution in [0.15, 0.2) is 17.8 Å². The van der Waals surface area contributed by atoms with E-state index in [1.165, 1.54) is 4.90 Å². The van der Waals surface area contributed by atoms with Crippen molar-refractivity contribution in [2.45, 2.75) is 115 Å². The fourth-order valence-electron chi connectivity index (χ4n) is 4.96. The summed E-state index contributed by atoms with van der Waals surface area (Å²) in [5, 5.41) is 9.04. The number of amides is 4. The van der Waals surface area contributed by atoms with Gasteiger partial charge in [-0.3, -0.25) is 23.9 Å². The van der Waals surface area contributed by atoms with Crippen LogP contribution in [0.5, 0.6) is 0 Å². The van der Waals surface area contributed by atoms with E-state index in [1.807, 2.05) is 20.8 Å². The topological polar surface area (TPSA) is 163 Å². The maximum atomic E-state index is 14.0. The molecule has 0 aromatic rings. The Morgan fingerprint density at radius 3 is 2.34 bits per heavy atom. The summed E-state index contributed by atoms with van der Waals surface area (Å²) in [5.74, 6) is -2.37. The van der Waals surface area contributed by atoms with Gasteiger partial charge in [0.1, 0.15) is 23.7 Å². The Labute approximate surface area is 243 Å². The number of likely N-dealkylation sites (tertiary alicyclic amines) is 1. The van der Waals surface area contributed by atoms with Crippen molar-refractivity contribution in [1.29, 1.82) is 0 Å². The van der Waals surface area contributed by atoms with Gasteiger partial charge in [0.2, 0.25) is 27.7 Å². The molecule has 12 nitrogen and oxygen atoms in total. The number of oxime groups is 1. The van der Waals surface area contributed by atoms with Gasteiger partial charge in [-0.05, 0) is 57.3 Å². The van der Waals surface area contributed by atoms with Gasteiger partial charge in [0.25, 0.3) is 5.91 Å². The molecule has 3 fully saturated rings. The van der Waals surface area contributed by atoms with Crippen LogP contribution in [0, 0.1) is 11.3 Å². The van der Waals surface area contributed by atoms with E-state index in [1.54, 1.807) is 26.8 Å². The van der Waals surface area contributed by atoms with Crippen LogP contribution in [0.1, 0.15) is 86.5 Å². The summed E-state index contributed by atoms with van der Waals surface area (Å²) in [6, 6.07) is -1.94. The first-order chi connectivity index (χ1) is 19.0. The molecule has 1 unspecified atom stereocenters. The summed E-state index contributed by atoms with van der Waals surface area (Å²) < 4.78 is 27.0. The summed E-state index contributed by atoms with van der Waals surface area (Å²) in [6.07, 6.45) is 4.01. The SMILES string of the molecule is C=CCCCC(=O)N[C@H](C(=O)N1C[C@H](ON=C(C)C)C[C@H]1C(=O)NC1(C(=O)NS(=O)(=O)C2CC2)C[C@H]1C)C(C)(C)C. The molecule has 0 bridgehead atoms. The van der Waals surface area contributed by atoms with Crippen molar-refractivity contribution in [3.05, 3.63) is 12.7 Å². The highest BCUT2D eigenvalue weighted by molar-refractivity contribution is 7.91. The van der Waals surface area contributed by atoms with Gasteiger partial charge >= 0.3 is 0 Å². The van der Waals surface area contributed by atoms with Crippen molar-refractivity contribution in [2.75, 3.05) is 6.54 Å². The zero-order chi connectivity index (χ0) is 30.8. The second kappa shape index (κ2) is 12.5. The molecule has 1 saturated heterocycles. The fraction of sp³-hybridized carbons (Fsp3) is 0.750. The number of hydrogen-bond donors (Lipinski definition) is 3. The molecule has 0 aromatic carbocycles. The third kappa shape index (κ3) is 8.08. The predicted molar refractivity (Wildman–Crippen MR) is 154 cm³/mol. The van der Waals surface area contributed by atoms with Crippen LogP contribution in [0.4, 0.5) is 0 Å². The van der Waals surface area contributed by atoms with Gasteiger partial charge in [0, 0.05) is 12.8 Å². The lowest BCUT2D eigenvalue weighted by Gasteiger charge is -2.35. The van der Waals surface area contributed by atoms with Crippen LogP contribution in [-0.2, 0) is 34.0 Å². The zero-order valence-corrected chi connectivity index (χ0v) is 25.8. The number of unbranched alkanes of at least 4 members (excludes halogenated alkanes) is 1. The Morgan fingerprint density at radius 2 is 1.83 bits per heavy atom. The number of carbonyl (C=O) groups excluding carboxylic acids is 4. The van der Waals surface area contributed by atoms with Gasteiger partial charge < -0.3 is 20.4 Å². The largest absolute Gasteiger partial charge is 0.391 e. The first-order valence-electron chi connectivity index (χ1n) is 14.3. The first-order valence-corrected chi connectivity index (χ1v) is 15.8. The second-order valence-corrected chi connectivity index (χ2v) is 14.8. The number of carbonyl (C=O) groups is 4. The van der Waals surface area contributed by atoms with E-state index in [2.05, 4.69) is 27.1 Å². The van der Waals surface area contributed by atoms with Gasteiger partial charge in [-0.1, -0.05) is 38.9 Å². The monoisotopic (exact) mass is 595 g/mol. The summed E-state index contributed by atoms with van der Waals surface area (Å²) in [4.78, 5) is 60.4. The highest BCUT2D eigenvalue weighted by Gasteiger charge is 2.61. The molecule has 2 aliphatic carbocycles. The van der Waals surface area contributed by atoms with Crippen molar-refractivity contribution < 1.29 is 32.4 Å². The molecule has 41 heavy (non-hydrogen) atoms. The molecule has 4 amide bonds. The number of rotatable bonds is 13. The third-order valence-electron chi connectivity index (χ3n) is 7.72. The minimum atomic E-state index is -3.80. The Bertz CT molecular complexity index is 1190. The lowest BCUT2D eigenvalue weighted by molar-refractivity contribution is -0.144. The smallest absolute Gasteiger partial charge is 0.259 e. The molecule has 1 heterocycles. The zero-order valence-electron chi connectivity index (χ0n) is 25.0. The van der Waals surface area contributed by atoms with Gasteiger partial charge in [0.15, 0.2) is 0 Å². The Kier molecular flexibility index (Phi) is 9.92. The van der Waals surface area contributed by atoms with Crippen LogP contribution >= 0.6 is 0 Å². The summed E-state index contributed by atoms with van der Waals surface area (Å²) in [5.41, 5.74) is -1.39. The van der Waals surface area contributed by atoms with Gasteiger partial charge in [-0.2, -0.15) is 0 Å². The third-order valence-corrected chi connectivity index (χ3v) is 9.54. The van der Waals surface area contributed by atoms with E-state index in [4.69, 9.17) is 4.84 Å². The van der Waals surface area contributed by atoms with Crippen LogP contribution < -0.4 is 15.4 Å². The van der Waals surface area contributed by atoms with Crippen molar-refractivity contribution in [3.8, 4) is 0 Å². The molecule has 3 aliphatic rings. The van der Waals surface area contributed by atoms with Crippen molar-refractivity contribution in [1.82, 2.24) is 20.3 Å². The molecule has 2 saturated carbocycles. The molecule has 0 aromatic heterocycles. The molecule has 0 spiro atoms. The minimum Gasteiger partial charge on any atom is -0.391 e. The molecular weight excluding hydrogens is 550 g/mol. The Hall–Kier alpha value is -2.96. The quantitative estimate of drug-likeness (QED) is 0.126. The van der Waals surface area contributed by atoms with E-state index >= 15 is 0 Å². The molecule has 3 rings (SSSR count). The van der Waals surface area contributed by atoms with Crippen LogP contribution in [0.2, 0.25) is 0 Å². The molecule has 0 radical (unpaired) electrons. The van der Waals surface area contributed by atoms with Crippen LogP contribution in [0.25, 0.3) is 0 Å². The van der Waals surface area contributed by atoms with E-state index in [0.717, 1.165) is 0 Å². The molecule has 13 heteroatoms. The minimum absolute atomic E-state index is 0.0530. The number of nitrogens with zero attached hydrogens (tertiary/aromatic N) is 2. The summed E-state index contributed by atoms with van der Waals surface area (Å²) in [6.45, 7) is 14.5. The van der Waals surface area contributed by atoms with Crippen molar-refractivity contribution in [2.24, 2.45) is 16.5 Å². The predicted octanol–water partition coefficient (Wildman–Crippen LogP) is 1.76. The first kappa shape index (κ1) is 32.6. The van der Waals surface area contributed by atoms with Crippen molar-refractivity contribution in [3.63, 3.8) is 0 Å². The summed E-state index contributed by atoms with van der Waals surface area (Å²) in [7, 11) is -3.80. The molecule has 1 aliphatic heterocycles. The van der Waals surface area contributed by atoms with Gasteiger partial charge in [0.05, 0.1) is 17.5 Å². The number of sulfonamides is 1. The molecule has 5 atom stereocenters. The highest BCUT2D eigenvalue weighted by atomic mass is 32.2. The normalized spacial score (nSPS) is 26.4.